The number of halogens is 1. The molecule has 0 amide bonds. The number of carbonyl (C=O) groups is 1. The first kappa shape index (κ1) is 14.5. The van der Waals surface area contributed by atoms with Gasteiger partial charge < -0.3 is 4.74 Å². The summed E-state index contributed by atoms with van der Waals surface area (Å²) < 4.78 is 4.95. The van der Waals surface area contributed by atoms with Crippen molar-refractivity contribution in [1.82, 2.24) is 0 Å². The molecule has 0 radical (unpaired) electrons. The third-order valence-electron chi connectivity index (χ3n) is 2.79. The molecule has 1 rings (SSSR count). The summed E-state index contributed by atoms with van der Waals surface area (Å²) in [5.41, 5.74) is 3.15. The molecule has 0 aromatic heterocycles. The van der Waals surface area contributed by atoms with E-state index in [1.807, 2.05) is 13.0 Å². The van der Waals surface area contributed by atoms with Crippen LogP contribution in [0.3, 0.4) is 0 Å². The predicted molar refractivity (Wildman–Crippen MR) is 70.4 cm³/mol. The van der Waals surface area contributed by atoms with Crippen molar-refractivity contribution in [2.45, 2.75) is 32.6 Å². The van der Waals surface area contributed by atoms with Crippen LogP contribution in [0, 0.1) is 11.3 Å². The highest BCUT2D eigenvalue weighted by Crippen LogP contribution is 2.22. The van der Waals surface area contributed by atoms with Crippen molar-refractivity contribution in [2.75, 3.05) is 6.61 Å². The second-order valence-corrected chi connectivity index (χ2v) is 4.08. The quantitative estimate of drug-likeness (QED) is 0.607. The number of carbonyl (C=O) groups excluding carboxylic acids is 1. The van der Waals surface area contributed by atoms with E-state index >= 15 is 0 Å². The summed E-state index contributed by atoms with van der Waals surface area (Å²) in [4.78, 5) is 11.6. The number of benzene rings is 1. The van der Waals surface area contributed by atoms with Crippen LogP contribution in [-0.4, -0.2) is 12.6 Å². The Bertz CT molecular complexity index is 477. The van der Waals surface area contributed by atoms with Crippen LogP contribution in [0.15, 0.2) is 12.1 Å². The SMILES string of the molecule is CCOC(=O)Cc1c(CC)ccc(C#N)c1CCl. The van der Waals surface area contributed by atoms with Crippen molar-refractivity contribution in [2.24, 2.45) is 0 Å². The molecule has 0 aliphatic rings. The smallest absolute Gasteiger partial charge is 0.310 e. The van der Waals surface area contributed by atoms with Gasteiger partial charge in [0.1, 0.15) is 0 Å². The van der Waals surface area contributed by atoms with Gasteiger partial charge in [0, 0.05) is 5.88 Å². The Morgan fingerprint density at radius 1 is 1.39 bits per heavy atom. The van der Waals surface area contributed by atoms with E-state index in [0.717, 1.165) is 23.1 Å². The maximum atomic E-state index is 11.6. The summed E-state index contributed by atoms with van der Waals surface area (Å²) in [6.45, 7) is 4.13. The number of esters is 1. The van der Waals surface area contributed by atoms with Gasteiger partial charge in [0.15, 0.2) is 0 Å². The van der Waals surface area contributed by atoms with Crippen molar-refractivity contribution in [1.29, 1.82) is 5.26 Å². The predicted octanol–water partition coefficient (Wildman–Crippen LogP) is 2.97. The molecule has 0 fully saturated rings. The largest absolute Gasteiger partial charge is 0.466 e. The minimum Gasteiger partial charge on any atom is -0.466 e. The van der Waals surface area contributed by atoms with Gasteiger partial charge in [0.25, 0.3) is 0 Å². The Morgan fingerprint density at radius 2 is 2.11 bits per heavy atom. The molecule has 4 heteroatoms. The van der Waals surface area contributed by atoms with Crippen molar-refractivity contribution < 1.29 is 9.53 Å². The lowest BCUT2D eigenvalue weighted by Gasteiger charge is -2.13. The number of hydrogen-bond acceptors (Lipinski definition) is 3. The maximum absolute atomic E-state index is 11.6. The average Bonchev–Trinajstić information content (AvgIpc) is 2.38. The first-order valence-corrected chi connectivity index (χ1v) is 6.46. The highest BCUT2D eigenvalue weighted by atomic mass is 35.5. The van der Waals surface area contributed by atoms with Crippen molar-refractivity contribution >= 4 is 17.6 Å². The van der Waals surface area contributed by atoms with E-state index in [2.05, 4.69) is 6.07 Å². The van der Waals surface area contributed by atoms with Crippen LogP contribution in [0.4, 0.5) is 0 Å². The van der Waals surface area contributed by atoms with E-state index in [1.165, 1.54) is 0 Å². The lowest BCUT2D eigenvalue weighted by atomic mass is 9.94. The second-order valence-electron chi connectivity index (χ2n) is 3.81. The van der Waals surface area contributed by atoms with Gasteiger partial charge in [-0.25, -0.2) is 0 Å². The van der Waals surface area contributed by atoms with E-state index < -0.39 is 0 Å². The van der Waals surface area contributed by atoms with Crippen molar-refractivity contribution in [3.8, 4) is 6.07 Å². The van der Waals surface area contributed by atoms with Crippen LogP contribution in [0.1, 0.15) is 36.1 Å². The molecule has 0 heterocycles. The van der Waals surface area contributed by atoms with Crippen LogP contribution >= 0.6 is 11.6 Å². The normalized spacial score (nSPS) is 9.89. The Morgan fingerprint density at radius 3 is 2.61 bits per heavy atom. The Balaban J connectivity index is 3.20. The average molecular weight is 266 g/mol. The van der Waals surface area contributed by atoms with Crippen LogP contribution in [0.2, 0.25) is 0 Å². The summed E-state index contributed by atoms with van der Waals surface area (Å²) in [6.07, 6.45) is 0.971. The molecule has 1 aromatic carbocycles. The fourth-order valence-corrected chi connectivity index (χ4v) is 2.21. The molecule has 0 N–H and O–H groups in total. The molecule has 0 bridgehead atoms. The Kier molecular flexibility index (Phi) is 5.67. The van der Waals surface area contributed by atoms with Crippen LogP contribution in [0.25, 0.3) is 0 Å². The van der Waals surface area contributed by atoms with Crippen molar-refractivity contribution in [3.05, 3.63) is 34.4 Å². The van der Waals surface area contributed by atoms with Gasteiger partial charge in [-0.1, -0.05) is 13.0 Å². The molecule has 0 atom stereocenters. The van der Waals surface area contributed by atoms with Gasteiger partial charge in [0.2, 0.25) is 0 Å². The first-order chi connectivity index (χ1) is 8.67. The summed E-state index contributed by atoms with van der Waals surface area (Å²) >= 11 is 5.90. The van der Waals surface area contributed by atoms with Gasteiger partial charge in [-0.05, 0) is 36.1 Å². The highest BCUT2D eigenvalue weighted by Gasteiger charge is 2.15. The molecule has 0 saturated heterocycles. The number of ether oxygens (including phenoxy) is 1. The monoisotopic (exact) mass is 265 g/mol. The van der Waals surface area contributed by atoms with E-state index in [-0.39, 0.29) is 18.3 Å². The van der Waals surface area contributed by atoms with Crippen LogP contribution in [-0.2, 0) is 28.3 Å². The fourth-order valence-electron chi connectivity index (χ4n) is 1.91. The minimum absolute atomic E-state index is 0.175. The molecule has 0 aliphatic carbocycles. The van der Waals surface area contributed by atoms with E-state index in [4.69, 9.17) is 21.6 Å². The highest BCUT2D eigenvalue weighted by molar-refractivity contribution is 6.17. The third-order valence-corrected chi connectivity index (χ3v) is 3.06. The topological polar surface area (TPSA) is 50.1 Å². The number of hydrogen-bond donors (Lipinski definition) is 0. The van der Waals surface area contributed by atoms with Gasteiger partial charge in [-0.3, -0.25) is 4.79 Å². The lowest BCUT2D eigenvalue weighted by molar-refractivity contribution is -0.142. The van der Waals surface area contributed by atoms with Crippen LogP contribution in [0.5, 0.6) is 0 Å². The summed E-state index contributed by atoms with van der Waals surface area (Å²) in [5.74, 6) is -0.0560. The van der Waals surface area contributed by atoms with E-state index in [9.17, 15) is 4.79 Å². The molecule has 18 heavy (non-hydrogen) atoms. The summed E-state index contributed by atoms with van der Waals surface area (Å²) in [7, 11) is 0. The molecular formula is C14H16ClNO2. The molecule has 96 valence electrons. The number of alkyl halides is 1. The molecule has 0 unspecified atom stereocenters. The maximum Gasteiger partial charge on any atom is 0.310 e. The fraction of sp³-hybridized carbons (Fsp3) is 0.429. The molecule has 1 aromatic rings. The molecule has 3 nitrogen and oxygen atoms in total. The van der Waals surface area contributed by atoms with Gasteiger partial charge in [-0.2, -0.15) is 5.26 Å². The number of aryl methyl sites for hydroxylation is 1. The number of nitriles is 1. The van der Waals surface area contributed by atoms with Gasteiger partial charge in [-0.15, -0.1) is 11.6 Å². The third kappa shape index (κ3) is 3.24. The Hall–Kier alpha value is -1.53. The van der Waals surface area contributed by atoms with Gasteiger partial charge in [0.05, 0.1) is 24.7 Å². The van der Waals surface area contributed by atoms with Crippen molar-refractivity contribution in [3.63, 3.8) is 0 Å². The first-order valence-electron chi connectivity index (χ1n) is 5.93. The summed E-state index contributed by atoms with van der Waals surface area (Å²) in [6, 6.07) is 5.74. The number of rotatable bonds is 5. The molecule has 0 saturated carbocycles. The zero-order chi connectivity index (χ0) is 13.5. The Labute approximate surface area is 112 Å². The number of nitrogens with zero attached hydrogens (tertiary/aromatic N) is 1. The molecular weight excluding hydrogens is 250 g/mol. The van der Waals surface area contributed by atoms with Crippen LogP contribution < -0.4 is 0 Å². The lowest BCUT2D eigenvalue weighted by Crippen LogP contribution is -2.12. The summed E-state index contributed by atoms with van der Waals surface area (Å²) in [5, 5.41) is 9.05. The molecule has 0 aliphatic heterocycles. The zero-order valence-electron chi connectivity index (χ0n) is 10.6. The van der Waals surface area contributed by atoms with E-state index in [1.54, 1.807) is 13.0 Å². The van der Waals surface area contributed by atoms with Gasteiger partial charge >= 0.3 is 5.97 Å². The minimum atomic E-state index is -0.284. The standard InChI is InChI=1S/C14H16ClNO2/c1-3-10-5-6-11(9-16)13(8-15)12(10)7-14(17)18-4-2/h5-6H,3-4,7-8H2,1-2H3. The zero-order valence-corrected chi connectivity index (χ0v) is 11.4. The molecule has 0 spiro atoms. The second kappa shape index (κ2) is 7.03. The van der Waals surface area contributed by atoms with E-state index in [0.29, 0.717) is 12.2 Å².